The van der Waals surface area contributed by atoms with Gasteiger partial charge in [0.1, 0.15) is 0 Å². The summed E-state index contributed by atoms with van der Waals surface area (Å²) in [4.78, 5) is 13.1. The largest absolute Gasteiger partial charge is 0.449 e. The quantitative estimate of drug-likeness (QED) is 0.730. The number of hydrogen-bond acceptors (Lipinski definition) is 3. The zero-order chi connectivity index (χ0) is 9.97. The third kappa shape index (κ3) is 2.00. The van der Waals surface area contributed by atoms with E-state index in [9.17, 15) is 4.79 Å². The monoisotopic (exact) mass is 198 g/mol. The van der Waals surface area contributed by atoms with Crippen LogP contribution < -0.4 is 5.32 Å². The van der Waals surface area contributed by atoms with Crippen LogP contribution in [0.3, 0.4) is 0 Å². The maximum atomic E-state index is 11.3. The van der Waals surface area contributed by atoms with Gasteiger partial charge in [0.2, 0.25) is 0 Å². The van der Waals surface area contributed by atoms with Gasteiger partial charge in [0.05, 0.1) is 6.61 Å². The molecule has 4 nitrogen and oxygen atoms in total. The van der Waals surface area contributed by atoms with Gasteiger partial charge in [0, 0.05) is 19.1 Å². The van der Waals surface area contributed by atoms with Crippen LogP contribution in [-0.4, -0.2) is 43.8 Å². The summed E-state index contributed by atoms with van der Waals surface area (Å²) < 4.78 is 5.20. The van der Waals surface area contributed by atoms with Gasteiger partial charge in [-0.05, 0) is 32.2 Å². The maximum absolute atomic E-state index is 11.3. The Hall–Kier alpha value is -0.770. The van der Waals surface area contributed by atoms with E-state index in [1.165, 1.54) is 0 Å². The zero-order valence-corrected chi connectivity index (χ0v) is 8.66. The van der Waals surface area contributed by atoms with Crippen LogP contribution in [0.2, 0.25) is 0 Å². The van der Waals surface area contributed by atoms with E-state index in [1.807, 2.05) is 7.05 Å². The average Bonchev–Trinajstić information content (AvgIpc) is 1.98. The normalized spacial score (nSPS) is 30.5. The standard InChI is InChI=1S/C10H18N2O2/c1-11-9-5-8(6-9)7-14-10(13)12-3-2-4-12/h8-9,11H,2-7H2,1H3. The second-order valence-corrected chi connectivity index (χ2v) is 4.24. The lowest BCUT2D eigenvalue weighted by Gasteiger charge is -2.36. The van der Waals surface area contributed by atoms with Gasteiger partial charge in [-0.25, -0.2) is 4.79 Å². The zero-order valence-electron chi connectivity index (χ0n) is 8.66. The number of carbonyl (C=O) groups excluding carboxylic acids is 1. The minimum Gasteiger partial charge on any atom is -0.449 e. The van der Waals surface area contributed by atoms with E-state index in [0.717, 1.165) is 32.4 Å². The molecule has 0 aromatic rings. The molecule has 14 heavy (non-hydrogen) atoms. The average molecular weight is 198 g/mol. The van der Waals surface area contributed by atoms with E-state index in [4.69, 9.17) is 4.74 Å². The molecule has 80 valence electrons. The van der Waals surface area contributed by atoms with E-state index < -0.39 is 0 Å². The molecule has 0 bridgehead atoms. The molecule has 1 aliphatic heterocycles. The van der Waals surface area contributed by atoms with Crippen molar-refractivity contribution >= 4 is 6.09 Å². The minimum absolute atomic E-state index is 0.121. The number of amides is 1. The predicted molar refractivity (Wildman–Crippen MR) is 53.1 cm³/mol. The lowest BCUT2D eigenvalue weighted by Crippen LogP contribution is -2.45. The van der Waals surface area contributed by atoms with Gasteiger partial charge in [0.15, 0.2) is 0 Å². The first-order valence-corrected chi connectivity index (χ1v) is 5.38. The maximum Gasteiger partial charge on any atom is 0.409 e. The topological polar surface area (TPSA) is 41.6 Å². The van der Waals surface area contributed by atoms with Crippen molar-refractivity contribution in [2.75, 3.05) is 26.7 Å². The van der Waals surface area contributed by atoms with Gasteiger partial charge < -0.3 is 15.0 Å². The van der Waals surface area contributed by atoms with Crippen LogP contribution >= 0.6 is 0 Å². The molecule has 0 atom stereocenters. The fourth-order valence-corrected chi connectivity index (χ4v) is 1.89. The van der Waals surface area contributed by atoms with Crippen molar-refractivity contribution in [2.24, 2.45) is 5.92 Å². The first kappa shape index (κ1) is 9.77. The molecule has 1 amide bonds. The molecule has 2 fully saturated rings. The molecule has 1 heterocycles. The Balaban J connectivity index is 1.57. The van der Waals surface area contributed by atoms with E-state index in [-0.39, 0.29) is 6.09 Å². The second kappa shape index (κ2) is 4.17. The number of likely N-dealkylation sites (tertiary alicyclic amines) is 1. The summed E-state index contributed by atoms with van der Waals surface area (Å²) >= 11 is 0. The predicted octanol–water partition coefficient (Wildman–Crippen LogP) is 0.827. The molecule has 1 saturated heterocycles. The highest BCUT2D eigenvalue weighted by Crippen LogP contribution is 2.27. The van der Waals surface area contributed by atoms with Crippen LogP contribution in [0.1, 0.15) is 19.3 Å². The lowest BCUT2D eigenvalue weighted by atomic mass is 9.81. The highest BCUT2D eigenvalue weighted by atomic mass is 16.6. The van der Waals surface area contributed by atoms with E-state index >= 15 is 0 Å². The van der Waals surface area contributed by atoms with Gasteiger partial charge in [-0.1, -0.05) is 0 Å². The molecule has 1 N–H and O–H groups in total. The summed E-state index contributed by atoms with van der Waals surface area (Å²) in [6.07, 6.45) is 3.29. The minimum atomic E-state index is -0.121. The summed E-state index contributed by atoms with van der Waals surface area (Å²) in [6, 6.07) is 0.641. The Morgan fingerprint density at radius 2 is 2.21 bits per heavy atom. The second-order valence-electron chi connectivity index (χ2n) is 4.24. The Morgan fingerprint density at radius 1 is 1.50 bits per heavy atom. The number of carbonyl (C=O) groups is 1. The summed E-state index contributed by atoms with van der Waals surface area (Å²) in [5.41, 5.74) is 0. The molecular formula is C10H18N2O2. The number of ether oxygens (including phenoxy) is 1. The van der Waals surface area contributed by atoms with Crippen molar-refractivity contribution in [3.63, 3.8) is 0 Å². The molecule has 1 saturated carbocycles. The summed E-state index contributed by atoms with van der Waals surface area (Å²) in [7, 11) is 1.98. The van der Waals surface area contributed by atoms with Crippen molar-refractivity contribution in [3.05, 3.63) is 0 Å². The summed E-state index contributed by atoms with van der Waals surface area (Å²) in [5.74, 6) is 0.581. The molecule has 0 unspecified atom stereocenters. The molecule has 0 aromatic carbocycles. The Morgan fingerprint density at radius 3 is 2.71 bits per heavy atom. The Labute approximate surface area is 84.6 Å². The molecule has 0 aromatic heterocycles. The summed E-state index contributed by atoms with van der Waals surface area (Å²) in [6.45, 7) is 2.36. The Bertz CT molecular complexity index is 210. The van der Waals surface area contributed by atoms with Crippen molar-refractivity contribution in [1.82, 2.24) is 10.2 Å². The number of nitrogens with one attached hydrogen (secondary N) is 1. The smallest absolute Gasteiger partial charge is 0.409 e. The molecule has 1 aliphatic carbocycles. The first-order valence-electron chi connectivity index (χ1n) is 5.38. The third-order valence-electron chi connectivity index (χ3n) is 3.20. The highest BCUT2D eigenvalue weighted by molar-refractivity contribution is 5.68. The van der Waals surface area contributed by atoms with Crippen LogP contribution in [0, 0.1) is 5.92 Å². The Kier molecular flexibility index (Phi) is 2.91. The fourth-order valence-electron chi connectivity index (χ4n) is 1.89. The van der Waals surface area contributed by atoms with E-state index in [0.29, 0.717) is 18.6 Å². The summed E-state index contributed by atoms with van der Waals surface area (Å²) in [5, 5.41) is 3.21. The molecule has 0 spiro atoms. The number of rotatable bonds is 3. The van der Waals surface area contributed by atoms with Crippen LogP contribution in [0.5, 0.6) is 0 Å². The van der Waals surface area contributed by atoms with Crippen LogP contribution in [-0.2, 0) is 4.74 Å². The van der Waals surface area contributed by atoms with Crippen molar-refractivity contribution in [3.8, 4) is 0 Å². The SMILES string of the molecule is CNC1CC(COC(=O)N2CCC2)C1. The first-order chi connectivity index (χ1) is 6.79. The molecule has 2 aliphatic rings. The van der Waals surface area contributed by atoms with Crippen LogP contribution in [0.15, 0.2) is 0 Å². The van der Waals surface area contributed by atoms with Crippen molar-refractivity contribution < 1.29 is 9.53 Å². The van der Waals surface area contributed by atoms with E-state index in [1.54, 1.807) is 4.90 Å². The van der Waals surface area contributed by atoms with Gasteiger partial charge >= 0.3 is 6.09 Å². The van der Waals surface area contributed by atoms with Crippen LogP contribution in [0.25, 0.3) is 0 Å². The molecular weight excluding hydrogens is 180 g/mol. The molecule has 4 heteroatoms. The third-order valence-corrected chi connectivity index (χ3v) is 3.20. The molecule has 2 rings (SSSR count). The van der Waals surface area contributed by atoms with Gasteiger partial charge in [-0.2, -0.15) is 0 Å². The van der Waals surface area contributed by atoms with Gasteiger partial charge in [-0.3, -0.25) is 0 Å². The van der Waals surface area contributed by atoms with Crippen molar-refractivity contribution in [2.45, 2.75) is 25.3 Å². The number of nitrogens with zero attached hydrogens (tertiary/aromatic N) is 1. The van der Waals surface area contributed by atoms with Gasteiger partial charge in [-0.15, -0.1) is 0 Å². The molecule has 0 radical (unpaired) electrons. The van der Waals surface area contributed by atoms with Crippen LogP contribution in [0.4, 0.5) is 4.79 Å². The number of hydrogen-bond donors (Lipinski definition) is 1. The lowest BCUT2D eigenvalue weighted by molar-refractivity contribution is 0.0490. The van der Waals surface area contributed by atoms with Crippen molar-refractivity contribution in [1.29, 1.82) is 0 Å². The van der Waals surface area contributed by atoms with E-state index in [2.05, 4.69) is 5.32 Å². The van der Waals surface area contributed by atoms with Gasteiger partial charge in [0.25, 0.3) is 0 Å². The highest BCUT2D eigenvalue weighted by Gasteiger charge is 2.30. The fraction of sp³-hybridized carbons (Fsp3) is 0.900.